The summed E-state index contributed by atoms with van der Waals surface area (Å²) in [5.74, 6) is -0.390. The molecular formula is C9H20NO5P. The van der Waals surface area contributed by atoms with E-state index >= 15 is 0 Å². The lowest BCUT2D eigenvalue weighted by molar-refractivity contribution is -0.165. The molecule has 0 atom stereocenters. The second kappa shape index (κ2) is 7.79. The predicted molar refractivity (Wildman–Crippen MR) is 59.2 cm³/mol. The zero-order valence-electron chi connectivity index (χ0n) is 9.50. The Morgan fingerprint density at radius 2 is 1.88 bits per heavy atom. The van der Waals surface area contributed by atoms with Crippen LogP contribution in [0.2, 0.25) is 0 Å². The van der Waals surface area contributed by atoms with Gasteiger partial charge < -0.3 is 9.79 Å². The third-order valence-corrected chi connectivity index (χ3v) is 3.00. The van der Waals surface area contributed by atoms with Crippen LogP contribution in [-0.4, -0.2) is 38.7 Å². The number of rotatable bonds is 8. The molecule has 96 valence electrons. The van der Waals surface area contributed by atoms with E-state index in [9.17, 15) is 14.6 Å². The van der Waals surface area contributed by atoms with Crippen molar-refractivity contribution in [3.63, 3.8) is 0 Å². The van der Waals surface area contributed by atoms with Gasteiger partial charge in [0.25, 0.3) is 0 Å². The number of nitrogens with zero attached hydrogens (tertiary/aromatic N) is 1. The molecule has 0 aliphatic carbocycles. The van der Waals surface area contributed by atoms with Crippen LogP contribution < -0.4 is 0 Å². The minimum atomic E-state index is -4.03. The van der Waals surface area contributed by atoms with Crippen LogP contribution in [0.15, 0.2) is 0 Å². The lowest BCUT2D eigenvalue weighted by atomic mass is 10.2. The van der Waals surface area contributed by atoms with Gasteiger partial charge in [-0.1, -0.05) is 19.8 Å². The molecule has 3 N–H and O–H groups in total. The summed E-state index contributed by atoms with van der Waals surface area (Å²) >= 11 is 0. The molecule has 0 radical (unpaired) electrons. The number of carbonyl (C=O) groups excluding carboxylic acids is 1. The lowest BCUT2D eigenvalue weighted by Crippen LogP contribution is -2.28. The van der Waals surface area contributed by atoms with Gasteiger partial charge >= 0.3 is 7.60 Å². The maximum absolute atomic E-state index is 11.3. The van der Waals surface area contributed by atoms with Crippen LogP contribution in [0.4, 0.5) is 0 Å². The molecule has 6 nitrogen and oxygen atoms in total. The normalized spacial score (nSPS) is 11.5. The highest BCUT2D eigenvalue weighted by Gasteiger charge is 2.15. The monoisotopic (exact) mass is 253 g/mol. The van der Waals surface area contributed by atoms with Crippen molar-refractivity contribution in [2.45, 2.75) is 39.0 Å². The fraction of sp³-hybridized carbons (Fsp3) is 0.889. The summed E-state index contributed by atoms with van der Waals surface area (Å²) in [6, 6.07) is 0. The van der Waals surface area contributed by atoms with Crippen LogP contribution >= 0.6 is 7.60 Å². The highest BCUT2D eigenvalue weighted by Crippen LogP contribution is 2.34. The van der Waals surface area contributed by atoms with Gasteiger partial charge in [0.05, 0.1) is 6.16 Å². The molecule has 7 heteroatoms. The Morgan fingerprint density at radius 3 is 2.38 bits per heavy atom. The van der Waals surface area contributed by atoms with E-state index in [2.05, 4.69) is 0 Å². The second-order valence-corrected chi connectivity index (χ2v) is 5.49. The smallest absolute Gasteiger partial charge is 0.324 e. The highest BCUT2D eigenvalue weighted by molar-refractivity contribution is 7.51. The zero-order valence-corrected chi connectivity index (χ0v) is 10.4. The van der Waals surface area contributed by atoms with Crippen molar-refractivity contribution in [3.05, 3.63) is 0 Å². The van der Waals surface area contributed by atoms with Crippen molar-refractivity contribution >= 4 is 13.5 Å². The third-order valence-electron chi connectivity index (χ3n) is 2.10. The molecule has 0 aromatic carbocycles. The Hall–Kier alpha value is -0.420. The first kappa shape index (κ1) is 15.6. The Labute approximate surface area is 95.4 Å². The van der Waals surface area contributed by atoms with E-state index in [0.29, 0.717) is 5.06 Å². The Bertz CT molecular complexity index is 252. The first-order valence-electron chi connectivity index (χ1n) is 5.40. The molecule has 0 rings (SSSR count). The van der Waals surface area contributed by atoms with Gasteiger partial charge in [0.15, 0.2) is 0 Å². The quantitative estimate of drug-likeness (QED) is 0.262. The van der Waals surface area contributed by atoms with Crippen molar-refractivity contribution in [2.24, 2.45) is 0 Å². The van der Waals surface area contributed by atoms with Crippen LogP contribution in [0.1, 0.15) is 39.0 Å². The molecule has 0 heterocycles. The van der Waals surface area contributed by atoms with E-state index in [1.54, 1.807) is 0 Å². The number of unbranched alkanes of at least 4 members (excludes halogenated alkanes) is 2. The number of hydrogen-bond acceptors (Lipinski definition) is 3. The zero-order chi connectivity index (χ0) is 12.6. The molecule has 0 saturated carbocycles. The number of hydrogen-bond donors (Lipinski definition) is 3. The van der Waals surface area contributed by atoms with E-state index in [4.69, 9.17) is 9.79 Å². The van der Waals surface area contributed by atoms with Gasteiger partial charge in [-0.2, -0.15) is 0 Å². The van der Waals surface area contributed by atoms with E-state index < -0.39 is 7.60 Å². The molecule has 0 fully saturated rings. The van der Waals surface area contributed by atoms with Crippen molar-refractivity contribution < 1.29 is 24.4 Å². The lowest BCUT2D eigenvalue weighted by Gasteiger charge is -2.14. The first-order valence-corrected chi connectivity index (χ1v) is 7.20. The summed E-state index contributed by atoms with van der Waals surface area (Å²) in [5, 5.41) is 9.79. The molecule has 0 aliphatic rings. The topological polar surface area (TPSA) is 98.1 Å². The van der Waals surface area contributed by atoms with Crippen LogP contribution in [0.5, 0.6) is 0 Å². The SMILES string of the molecule is CCCCCC(=O)N(O)CCCP(=O)(O)O. The predicted octanol–water partition coefficient (Wildman–Crippen LogP) is 1.35. The van der Waals surface area contributed by atoms with E-state index in [0.717, 1.165) is 19.3 Å². The van der Waals surface area contributed by atoms with Gasteiger partial charge in [-0.25, -0.2) is 5.06 Å². The molecule has 0 bridgehead atoms. The Morgan fingerprint density at radius 1 is 1.25 bits per heavy atom. The van der Waals surface area contributed by atoms with Crippen LogP contribution in [-0.2, 0) is 9.36 Å². The number of hydroxylamine groups is 2. The first-order chi connectivity index (χ1) is 7.37. The average molecular weight is 253 g/mol. The summed E-state index contributed by atoms with van der Waals surface area (Å²) in [4.78, 5) is 28.4. The highest BCUT2D eigenvalue weighted by atomic mass is 31.2. The van der Waals surface area contributed by atoms with Crippen molar-refractivity contribution in [1.29, 1.82) is 0 Å². The van der Waals surface area contributed by atoms with Crippen molar-refractivity contribution in [1.82, 2.24) is 5.06 Å². The van der Waals surface area contributed by atoms with E-state index in [1.807, 2.05) is 6.92 Å². The molecule has 0 aromatic rings. The summed E-state index contributed by atoms with van der Waals surface area (Å²) < 4.78 is 10.5. The van der Waals surface area contributed by atoms with Crippen molar-refractivity contribution in [2.75, 3.05) is 12.7 Å². The maximum atomic E-state index is 11.3. The van der Waals surface area contributed by atoms with Gasteiger partial charge in [0.2, 0.25) is 5.91 Å². The third kappa shape index (κ3) is 8.85. The van der Waals surface area contributed by atoms with Gasteiger partial charge in [0.1, 0.15) is 0 Å². The van der Waals surface area contributed by atoms with Crippen LogP contribution in [0.25, 0.3) is 0 Å². The number of amides is 1. The summed E-state index contributed by atoms with van der Waals surface area (Å²) in [5.41, 5.74) is 0. The summed E-state index contributed by atoms with van der Waals surface area (Å²) in [6.45, 7) is 1.98. The van der Waals surface area contributed by atoms with Gasteiger partial charge in [-0.05, 0) is 12.8 Å². The molecule has 16 heavy (non-hydrogen) atoms. The van der Waals surface area contributed by atoms with Gasteiger partial charge in [0, 0.05) is 13.0 Å². The van der Waals surface area contributed by atoms with Gasteiger partial charge in [-0.15, -0.1) is 0 Å². The standard InChI is InChI=1S/C9H20NO5P/c1-2-3-4-6-9(11)10(12)7-5-8-16(13,14)15/h12H,2-8H2,1H3,(H2,13,14,15). The molecule has 0 aromatic heterocycles. The van der Waals surface area contributed by atoms with Crippen LogP contribution in [0.3, 0.4) is 0 Å². The summed E-state index contributed by atoms with van der Waals surface area (Å²) in [6.07, 6.45) is 2.72. The Kier molecular flexibility index (Phi) is 7.58. The minimum absolute atomic E-state index is 0.0317. The average Bonchev–Trinajstić information content (AvgIpc) is 2.15. The van der Waals surface area contributed by atoms with Crippen molar-refractivity contribution in [3.8, 4) is 0 Å². The summed E-state index contributed by atoms with van der Waals surface area (Å²) in [7, 11) is -4.03. The van der Waals surface area contributed by atoms with E-state index in [-0.39, 0.29) is 31.5 Å². The molecule has 1 amide bonds. The second-order valence-electron chi connectivity index (χ2n) is 3.72. The Balaban J connectivity index is 3.67. The van der Waals surface area contributed by atoms with E-state index in [1.165, 1.54) is 0 Å². The fourth-order valence-corrected chi connectivity index (χ4v) is 1.76. The molecule has 0 aliphatic heterocycles. The minimum Gasteiger partial charge on any atom is -0.324 e. The largest absolute Gasteiger partial charge is 0.325 e. The number of carbonyl (C=O) groups is 1. The van der Waals surface area contributed by atoms with Crippen LogP contribution in [0, 0.1) is 0 Å². The molecular weight excluding hydrogens is 233 g/mol. The molecule has 0 spiro atoms. The fourth-order valence-electron chi connectivity index (χ4n) is 1.21. The molecule has 0 saturated heterocycles. The molecule has 0 unspecified atom stereocenters. The van der Waals surface area contributed by atoms with Gasteiger partial charge in [-0.3, -0.25) is 14.6 Å². The maximum Gasteiger partial charge on any atom is 0.325 e.